The van der Waals surface area contributed by atoms with E-state index in [1.165, 1.54) is 16.5 Å². The molecule has 134 valence electrons. The van der Waals surface area contributed by atoms with Gasteiger partial charge in [-0.25, -0.2) is 0 Å². The molecule has 0 bridgehead atoms. The van der Waals surface area contributed by atoms with E-state index in [9.17, 15) is 0 Å². The fraction of sp³-hybridized carbons (Fsp3) is 0.0833. The molecule has 0 amide bonds. The van der Waals surface area contributed by atoms with Crippen molar-refractivity contribution in [3.63, 3.8) is 0 Å². The summed E-state index contributed by atoms with van der Waals surface area (Å²) in [4.78, 5) is 3.51. The summed E-state index contributed by atoms with van der Waals surface area (Å²) in [6, 6.07) is 25.2. The molecule has 4 rings (SSSR count). The van der Waals surface area contributed by atoms with Gasteiger partial charge in [-0.15, -0.1) is 0 Å². The summed E-state index contributed by atoms with van der Waals surface area (Å²) >= 11 is 0. The van der Waals surface area contributed by atoms with Gasteiger partial charge in [0.15, 0.2) is 0 Å². The van der Waals surface area contributed by atoms with Gasteiger partial charge in [-0.3, -0.25) is 0 Å². The Morgan fingerprint density at radius 1 is 0.852 bits per heavy atom. The molecule has 1 aromatic heterocycles. The van der Waals surface area contributed by atoms with Crippen LogP contribution in [0, 0.1) is 0 Å². The molecule has 0 atom stereocenters. The van der Waals surface area contributed by atoms with Crippen molar-refractivity contribution in [3.8, 4) is 28.1 Å². The van der Waals surface area contributed by atoms with Crippen LogP contribution in [0.2, 0.25) is 0 Å². The van der Waals surface area contributed by atoms with Gasteiger partial charge in [0.1, 0.15) is 5.75 Å². The molecule has 1 heterocycles. The summed E-state index contributed by atoms with van der Waals surface area (Å²) in [6.45, 7) is 5.83. The lowest BCUT2D eigenvalue weighted by molar-refractivity contribution is 0.415. The van der Waals surface area contributed by atoms with Gasteiger partial charge in [0.25, 0.3) is 0 Å². The molecule has 3 nitrogen and oxygen atoms in total. The van der Waals surface area contributed by atoms with Crippen molar-refractivity contribution in [1.82, 2.24) is 4.98 Å². The maximum Gasteiger partial charge on any atom is 0.118 e. The number of ether oxygens (including phenoxy) is 1. The van der Waals surface area contributed by atoms with Crippen LogP contribution < -0.4 is 10.1 Å². The van der Waals surface area contributed by atoms with Gasteiger partial charge in [0.2, 0.25) is 0 Å². The number of benzene rings is 3. The largest absolute Gasteiger partial charge is 0.497 e. The standard InChI is InChI=1S/C24H22N2O/c1-16(2)25-21-9-4-18(5-10-21)24-15-20-14-19(8-13-23(20)26-24)17-6-11-22(27-3)12-7-17/h4-15,25-26H,1H2,2-3H3. The Bertz CT molecular complexity index is 1090. The zero-order chi connectivity index (χ0) is 18.8. The van der Waals surface area contributed by atoms with Crippen molar-refractivity contribution < 1.29 is 4.74 Å². The van der Waals surface area contributed by atoms with Gasteiger partial charge in [-0.1, -0.05) is 36.9 Å². The fourth-order valence-corrected chi connectivity index (χ4v) is 3.23. The Balaban J connectivity index is 1.65. The molecule has 0 aliphatic carbocycles. The van der Waals surface area contributed by atoms with Crippen LogP contribution in [0.4, 0.5) is 5.69 Å². The zero-order valence-corrected chi connectivity index (χ0v) is 15.5. The first-order valence-corrected chi connectivity index (χ1v) is 8.92. The van der Waals surface area contributed by atoms with Crippen LogP contribution in [-0.4, -0.2) is 12.1 Å². The van der Waals surface area contributed by atoms with Crippen LogP contribution in [0.15, 0.2) is 85.1 Å². The Morgan fingerprint density at radius 3 is 2.19 bits per heavy atom. The molecule has 0 aliphatic heterocycles. The molecule has 2 N–H and O–H groups in total. The first-order valence-electron chi connectivity index (χ1n) is 8.92. The van der Waals surface area contributed by atoms with E-state index in [1.54, 1.807) is 7.11 Å². The van der Waals surface area contributed by atoms with Crippen LogP contribution in [0.3, 0.4) is 0 Å². The predicted octanol–water partition coefficient (Wildman–Crippen LogP) is 6.46. The third kappa shape index (κ3) is 3.58. The highest BCUT2D eigenvalue weighted by Gasteiger charge is 2.06. The number of hydrogen-bond donors (Lipinski definition) is 2. The van der Waals surface area contributed by atoms with Gasteiger partial charge in [0, 0.05) is 28.0 Å². The molecule has 0 unspecified atom stereocenters. The molecule has 0 radical (unpaired) electrons. The lowest BCUT2D eigenvalue weighted by Gasteiger charge is -2.05. The van der Waals surface area contributed by atoms with E-state index in [2.05, 4.69) is 77.5 Å². The quantitative estimate of drug-likeness (QED) is 0.432. The maximum absolute atomic E-state index is 5.24. The zero-order valence-electron chi connectivity index (χ0n) is 15.5. The lowest BCUT2D eigenvalue weighted by Crippen LogP contribution is -1.92. The molecule has 0 saturated heterocycles. The monoisotopic (exact) mass is 354 g/mol. The Kier molecular flexibility index (Phi) is 4.43. The molecule has 4 aromatic rings. The van der Waals surface area contributed by atoms with Crippen LogP contribution in [0.5, 0.6) is 5.75 Å². The van der Waals surface area contributed by atoms with E-state index in [0.717, 1.165) is 33.9 Å². The summed E-state index contributed by atoms with van der Waals surface area (Å²) in [7, 11) is 1.68. The summed E-state index contributed by atoms with van der Waals surface area (Å²) in [5.41, 5.74) is 7.74. The van der Waals surface area contributed by atoms with E-state index < -0.39 is 0 Å². The van der Waals surface area contributed by atoms with E-state index >= 15 is 0 Å². The van der Waals surface area contributed by atoms with Gasteiger partial charge >= 0.3 is 0 Å². The van der Waals surface area contributed by atoms with Crippen molar-refractivity contribution in [2.24, 2.45) is 0 Å². The molecule has 27 heavy (non-hydrogen) atoms. The molecular weight excluding hydrogens is 332 g/mol. The third-order valence-corrected chi connectivity index (χ3v) is 4.60. The first-order chi connectivity index (χ1) is 13.1. The topological polar surface area (TPSA) is 37.0 Å². The van der Waals surface area contributed by atoms with Crippen molar-refractivity contribution in [2.45, 2.75) is 6.92 Å². The third-order valence-electron chi connectivity index (χ3n) is 4.60. The van der Waals surface area contributed by atoms with Gasteiger partial charge in [0.05, 0.1) is 7.11 Å². The van der Waals surface area contributed by atoms with Gasteiger partial charge < -0.3 is 15.0 Å². The number of nitrogens with one attached hydrogen (secondary N) is 2. The van der Waals surface area contributed by atoms with Crippen LogP contribution >= 0.6 is 0 Å². The molecule has 3 aromatic carbocycles. The summed E-state index contributed by atoms with van der Waals surface area (Å²) in [5, 5.41) is 4.43. The Labute approximate surface area is 159 Å². The van der Waals surface area contributed by atoms with Crippen molar-refractivity contribution >= 4 is 16.6 Å². The van der Waals surface area contributed by atoms with Crippen LogP contribution in [0.25, 0.3) is 33.3 Å². The van der Waals surface area contributed by atoms with Crippen molar-refractivity contribution in [1.29, 1.82) is 0 Å². The maximum atomic E-state index is 5.24. The summed E-state index contributed by atoms with van der Waals surface area (Å²) < 4.78 is 5.24. The average Bonchev–Trinajstić information content (AvgIpc) is 3.11. The summed E-state index contributed by atoms with van der Waals surface area (Å²) in [5.74, 6) is 0.869. The van der Waals surface area contributed by atoms with Gasteiger partial charge in [-0.05, 0) is 66.1 Å². The first kappa shape index (κ1) is 17.0. The number of allylic oxidation sites excluding steroid dienone is 1. The van der Waals surface area contributed by atoms with Crippen molar-refractivity contribution in [3.05, 3.63) is 85.1 Å². The highest BCUT2D eigenvalue weighted by molar-refractivity contribution is 5.89. The number of H-pyrrole nitrogens is 1. The number of hydrogen-bond acceptors (Lipinski definition) is 2. The normalized spacial score (nSPS) is 10.7. The number of methoxy groups -OCH3 is 1. The fourth-order valence-electron chi connectivity index (χ4n) is 3.23. The van der Waals surface area contributed by atoms with Crippen LogP contribution in [-0.2, 0) is 0 Å². The highest BCUT2D eigenvalue weighted by Crippen LogP contribution is 2.30. The molecular formula is C24H22N2O. The SMILES string of the molecule is C=C(C)Nc1ccc(-c2cc3cc(-c4ccc(OC)cc4)ccc3[nH]2)cc1. The van der Waals surface area contributed by atoms with E-state index in [1.807, 2.05) is 19.1 Å². The van der Waals surface area contributed by atoms with E-state index in [-0.39, 0.29) is 0 Å². The number of anilines is 1. The number of aromatic nitrogens is 1. The minimum atomic E-state index is 0.869. The van der Waals surface area contributed by atoms with E-state index in [0.29, 0.717) is 0 Å². The second-order valence-electron chi connectivity index (χ2n) is 6.70. The number of rotatable bonds is 5. The number of aromatic amines is 1. The van der Waals surface area contributed by atoms with Crippen molar-refractivity contribution in [2.75, 3.05) is 12.4 Å². The second-order valence-corrected chi connectivity index (χ2v) is 6.70. The molecule has 0 aliphatic rings. The molecule has 0 saturated carbocycles. The number of fused-ring (bicyclic) bond motifs is 1. The minimum Gasteiger partial charge on any atom is -0.497 e. The summed E-state index contributed by atoms with van der Waals surface area (Å²) in [6.07, 6.45) is 0. The molecule has 0 fully saturated rings. The van der Waals surface area contributed by atoms with Crippen LogP contribution in [0.1, 0.15) is 6.92 Å². The Morgan fingerprint density at radius 2 is 1.52 bits per heavy atom. The molecule has 3 heteroatoms. The van der Waals surface area contributed by atoms with E-state index in [4.69, 9.17) is 4.74 Å². The predicted molar refractivity (Wildman–Crippen MR) is 114 cm³/mol. The smallest absolute Gasteiger partial charge is 0.118 e. The average molecular weight is 354 g/mol. The second kappa shape index (κ2) is 7.04. The molecule has 0 spiro atoms. The highest BCUT2D eigenvalue weighted by atomic mass is 16.5. The lowest BCUT2D eigenvalue weighted by atomic mass is 10.0. The Hall–Kier alpha value is -3.46. The van der Waals surface area contributed by atoms with Gasteiger partial charge in [-0.2, -0.15) is 0 Å². The minimum absolute atomic E-state index is 0.869.